The molecule has 0 aromatic heterocycles. The van der Waals surface area contributed by atoms with Gasteiger partial charge < -0.3 is 15.2 Å². The number of nitro benzene ring substituents is 1. The van der Waals surface area contributed by atoms with Gasteiger partial charge in [0, 0.05) is 12.1 Å². The number of hydrogen-bond acceptors (Lipinski definition) is 6. The second-order valence-corrected chi connectivity index (χ2v) is 5.95. The fourth-order valence-corrected chi connectivity index (χ4v) is 2.52. The lowest BCUT2D eigenvalue weighted by atomic mass is 9.99. The van der Waals surface area contributed by atoms with Crippen LogP contribution in [0.1, 0.15) is 20.3 Å². The minimum Gasteiger partial charge on any atom is -0.482 e. The van der Waals surface area contributed by atoms with E-state index in [-0.39, 0.29) is 29.6 Å². The molecule has 2 amide bonds. The van der Waals surface area contributed by atoms with Gasteiger partial charge in [-0.1, -0.05) is 20.3 Å². The third kappa shape index (κ3) is 4.08. The lowest BCUT2D eigenvalue weighted by Gasteiger charge is -2.29. The summed E-state index contributed by atoms with van der Waals surface area (Å²) in [5.74, 6) is -2.46. The van der Waals surface area contributed by atoms with E-state index in [1.54, 1.807) is 13.8 Å². The van der Waals surface area contributed by atoms with Crippen LogP contribution in [0.5, 0.6) is 5.75 Å². The molecule has 1 aliphatic rings. The summed E-state index contributed by atoms with van der Waals surface area (Å²) in [5, 5.41) is 22.6. The van der Waals surface area contributed by atoms with E-state index in [2.05, 4.69) is 5.32 Å². The maximum Gasteiger partial charge on any atom is 0.326 e. The molecule has 1 aromatic carbocycles. The van der Waals surface area contributed by atoms with Crippen LogP contribution in [0.2, 0.25) is 0 Å². The Balaban J connectivity index is 2.22. The van der Waals surface area contributed by atoms with Crippen LogP contribution in [0, 0.1) is 16.0 Å². The summed E-state index contributed by atoms with van der Waals surface area (Å²) in [4.78, 5) is 47.1. The van der Waals surface area contributed by atoms with Crippen LogP contribution in [0.3, 0.4) is 0 Å². The zero-order valence-electron chi connectivity index (χ0n) is 14.3. The molecule has 0 radical (unpaired) electrons. The van der Waals surface area contributed by atoms with Crippen molar-refractivity contribution in [3.8, 4) is 5.75 Å². The minimum atomic E-state index is -1.17. The van der Waals surface area contributed by atoms with Crippen LogP contribution in [0.4, 0.5) is 11.4 Å². The van der Waals surface area contributed by atoms with Gasteiger partial charge in [-0.15, -0.1) is 0 Å². The average Bonchev–Trinajstić information content (AvgIpc) is 2.60. The van der Waals surface area contributed by atoms with Crippen LogP contribution in [0.25, 0.3) is 0 Å². The van der Waals surface area contributed by atoms with Crippen molar-refractivity contribution < 1.29 is 29.2 Å². The number of hydrogen-bond donors (Lipinski definition) is 2. The number of amides is 2. The molecule has 2 atom stereocenters. The summed E-state index contributed by atoms with van der Waals surface area (Å²) in [6, 6.07) is 2.64. The third-order valence-corrected chi connectivity index (χ3v) is 4.19. The SMILES string of the molecule is CCC(C)C(NC(=O)CN1C(=O)COc2ccc([N+](=O)[O-])cc21)C(=O)O. The largest absolute Gasteiger partial charge is 0.482 e. The highest BCUT2D eigenvalue weighted by atomic mass is 16.6. The number of benzene rings is 1. The van der Waals surface area contributed by atoms with Crippen molar-refractivity contribution in [1.82, 2.24) is 5.32 Å². The highest BCUT2D eigenvalue weighted by Crippen LogP contribution is 2.35. The van der Waals surface area contributed by atoms with Gasteiger partial charge in [-0.05, 0) is 12.0 Å². The molecule has 2 N–H and O–H groups in total. The Hall–Kier alpha value is -3.17. The predicted octanol–water partition coefficient (Wildman–Crippen LogP) is 0.936. The number of carbonyl (C=O) groups is 3. The van der Waals surface area contributed by atoms with E-state index in [9.17, 15) is 29.6 Å². The quantitative estimate of drug-likeness (QED) is 0.541. The third-order valence-electron chi connectivity index (χ3n) is 4.19. The Bertz CT molecular complexity index is 749. The number of ether oxygens (including phenoxy) is 1. The van der Waals surface area contributed by atoms with Gasteiger partial charge in [0.25, 0.3) is 11.6 Å². The number of non-ortho nitro benzene ring substituents is 1. The first-order valence-electron chi connectivity index (χ1n) is 7.98. The lowest BCUT2D eigenvalue weighted by Crippen LogP contribution is -2.51. The van der Waals surface area contributed by atoms with Crippen LogP contribution in [-0.2, 0) is 14.4 Å². The van der Waals surface area contributed by atoms with Crippen LogP contribution < -0.4 is 15.0 Å². The highest BCUT2D eigenvalue weighted by Gasteiger charge is 2.31. The van der Waals surface area contributed by atoms with E-state index in [1.165, 1.54) is 12.1 Å². The van der Waals surface area contributed by atoms with Crippen LogP contribution >= 0.6 is 0 Å². The summed E-state index contributed by atoms with van der Waals surface area (Å²) < 4.78 is 5.22. The van der Waals surface area contributed by atoms with Gasteiger partial charge in [-0.2, -0.15) is 0 Å². The molecule has 0 aliphatic carbocycles. The molecule has 1 aliphatic heterocycles. The highest BCUT2D eigenvalue weighted by molar-refractivity contribution is 6.02. The maximum absolute atomic E-state index is 12.3. The fourth-order valence-electron chi connectivity index (χ4n) is 2.52. The number of nitro groups is 1. The van der Waals surface area contributed by atoms with Gasteiger partial charge in [0.1, 0.15) is 18.3 Å². The molecular weight excluding hydrogens is 346 g/mol. The Morgan fingerprint density at radius 2 is 2.15 bits per heavy atom. The van der Waals surface area contributed by atoms with Gasteiger partial charge in [-0.3, -0.25) is 24.6 Å². The van der Waals surface area contributed by atoms with Crippen molar-refractivity contribution in [2.24, 2.45) is 5.92 Å². The Kier molecular flexibility index (Phi) is 5.75. The first-order chi connectivity index (χ1) is 12.2. The molecule has 0 fully saturated rings. The summed E-state index contributed by atoms with van der Waals surface area (Å²) in [5.41, 5.74) is -0.156. The first-order valence-corrected chi connectivity index (χ1v) is 7.98. The average molecular weight is 365 g/mol. The zero-order chi connectivity index (χ0) is 19.4. The summed E-state index contributed by atoms with van der Waals surface area (Å²) in [6.07, 6.45) is 0.544. The van der Waals surface area contributed by atoms with Gasteiger partial charge in [0.05, 0.1) is 10.6 Å². The van der Waals surface area contributed by atoms with E-state index < -0.39 is 35.3 Å². The molecule has 0 saturated heterocycles. The maximum atomic E-state index is 12.3. The second kappa shape index (κ2) is 7.81. The molecule has 10 heteroatoms. The molecule has 2 unspecified atom stereocenters. The predicted molar refractivity (Wildman–Crippen MR) is 90.0 cm³/mol. The number of fused-ring (bicyclic) bond motifs is 1. The van der Waals surface area contributed by atoms with E-state index >= 15 is 0 Å². The van der Waals surface area contributed by atoms with Crippen LogP contribution in [-0.4, -0.2) is 47.0 Å². The van der Waals surface area contributed by atoms with Gasteiger partial charge in [0.2, 0.25) is 5.91 Å². The lowest BCUT2D eigenvalue weighted by molar-refractivity contribution is -0.384. The standard InChI is InChI=1S/C16H19N3O7/c1-3-9(2)15(16(22)23)17-13(20)7-18-11-6-10(19(24)25)4-5-12(11)26-8-14(18)21/h4-6,9,15H,3,7-8H2,1-2H3,(H,17,20)(H,22,23). The van der Waals surface area contributed by atoms with Crippen molar-refractivity contribution in [2.45, 2.75) is 26.3 Å². The Labute approximate surface area is 148 Å². The molecule has 26 heavy (non-hydrogen) atoms. The molecule has 0 saturated carbocycles. The molecule has 1 aromatic rings. The van der Waals surface area contributed by atoms with Crippen molar-refractivity contribution in [2.75, 3.05) is 18.1 Å². The van der Waals surface area contributed by atoms with Crippen LogP contribution in [0.15, 0.2) is 18.2 Å². The molecule has 0 spiro atoms. The van der Waals surface area contributed by atoms with E-state index in [1.807, 2.05) is 0 Å². The number of aliphatic carboxylic acids is 1. The minimum absolute atomic E-state index is 0.0982. The first kappa shape index (κ1) is 19.2. The smallest absolute Gasteiger partial charge is 0.326 e. The molecule has 1 heterocycles. The number of anilines is 1. The normalized spacial score (nSPS) is 15.5. The molecule has 2 rings (SSSR count). The monoisotopic (exact) mass is 365 g/mol. The summed E-state index contributed by atoms with van der Waals surface area (Å²) in [7, 11) is 0. The number of carboxylic acids is 1. The number of carbonyl (C=O) groups excluding carboxylic acids is 2. The molecule has 140 valence electrons. The van der Waals surface area contributed by atoms with E-state index in [0.29, 0.717) is 6.42 Å². The van der Waals surface area contributed by atoms with Crippen molar-refractivity contribution in [1.29, 1.82) is 0 Å². The number of nitrogens with one attached hydrogen (secondary N) is 1. The van der Waals surface area contributed by atoms with E-state index in [4.69, 9.17) is 4.74 Å². The van der Waals surface area contributed by atoms with E-state index in [0.717, 1.165) is 11.0 Å². The second-order valence-electron chi connectivity index (χ2n) is 5.95. The van der Waals surface area contributed by atoms with Crippen molar-refractivity contribution in [3.63, 3.8) is 0 Å². The molecule has 10 nitrogen and oxygen atoms in total. The summed E-state index contributed by atoms with van der Waals surface area (Å²) in [6.45, 7) is 2.72. The summed E-state index contributed by atoms with van der Waals surface area (Å²) >= 11 is 0. The van der Waals surface area contributed by atoms with Gasteiger partial charge in [-0.25, -0.2) is 4.79 Å². The van der Waals surface area contributed by atoms with Gasteiger partial charge >= 0.3 is 5.97 Å². The fraction of sp³-hybridized carbons (Fsp3) is 0.438. The topological polar surface area (TPSA) is 139 Å². The van der Waals surface area contributed by atoms with Crippen molar-refractivity contribution in [3.05, 3.63) is 28.3 Å². The number of carboxylic acid groups (broad SMARTS) is 1. The van der Waals surface area contributed by atoms with Crippen molar-refractivity contribution >= 4 is 29.2 Å². The number of rotatable bonds is 7. The van der Waals surface area contributed by atoms with Gasteiger partial charge in [0.15, 0.2) is 6.61 Å². The molecule has 0 bridgehead atoms. The Morgan fingerprint density at radius 1 is 1.46 bits per heavy atom. The zero-order valence-corrected chi connectivity index (χ0v) is 14.3. The Morgan fingerprint density at radius 3 is 2.73 bits per heavy atom. The molecular formula is C16H19N3O7. The number of nitrogens with zero attached hydrogens (tertiary/aromatic N) is 2.